The van der Waals surface area contributed by atoms with Gasteiger partial charge in [-0.2, -0.15) is 0 Å². The quantitative estimate of drug-likeness (QED) is 0.831. The minimum atomic E-state index is -0.497. The number of nitrogens with one attached hydrogen (secondary N) is 1. The van der Waals surface area contributed by atoms with Crippen molar-refractivity contribution < 1.29 is 4.79 Å². The molecule has 1 aliphatic carbocycles. The number of aryl methyl sites for hydroxylation is 1. The van der Waals surface area contributed by atoms with E-state index in [4.69, 9.17) is 5.73 Å². The van der Waals surface area contributed by atoms with Crippen molar-refractivity contribution in [1.82, 2.24) is 4.90 Å². The van der Waals surface area contributed by atoms with E-state index in [-0.39, 0.29) is 6.03 Å². The van der Waals surface area contributed by atoms with Crippen LogP contribution in [0.25, 0.3) is 0 Å². The lowest BCUT2D eigenvalue weighted by atomic mass is 9.89. The Hall–Kier alpha value is -1.55. The van der Waals surface area contributed by atoms with Gasteiger partial charge in [0.25, 0.3) is 0 Å². The van der Waals surface area contributed by atoms with E-state index in [1.54, 1.807) is 11.9 Å². The Kier molecular flexibility index (Phi) is 4.65. The Bertz CT molecular complexity index is 467. The molecule has 110 valence electrons. The van der Waals surface area contributed by atoms with Crippen molar-refractivity contribution in [3.8, 4) is 0 Å². The first-order valence-corrected chi connectivity index (χ1v) is 7.48. The zero-order valence-corrected chi connectivity index (χ0v) is 12.5. The fourth-order valence-corrected chi connectivity index (χ4v) is 2.85. The molecule has 0 spiro atoms. The van der Waals surface area contributed by atoms with Crippen LogP contribution in [0.5, 0.6) is 0 Å². The molecule has 1 aromatic carbocycles. The SMILES string of the molecule is CCc1ccccc1NC(=O)N(C)C1(N)CCCCC1. The van der Waals surface area contributed by atoms with Gasteiger partial charge in [-0.1, -0.05) is 31.5 Å². The minimum absolute atomic E-state index is 0.115. The van der Waals surface area contributed by atoms with E-state index < -0.39 is 5.66 Å². The Labute approximate surface area is 121 Å². The number of benzene rings is 1. The highest BCUT2D eigenvalue weighted by atomic mass is 16.2. The summed E-state index contributed by atoms with van der Waals surface area (Å²) < 4.78 is 0. The van der Waals surface area contributed by atoms with Gasteiger partial charge in [0, 0.05) is 12.7 Å². The first kappa shape index (κ1) is 14.9. The number of carbonyl (C=O) groups excluding carboxylic acids is 1. The molecule has 3 N–H and O–H groups in total. The highest BCUT2D eigenvalue weighted by Gasteiger charge is 2.34. The number of nitrogens with two attached hydrogens (primary N) is 1. The van der Waals surface area contributed by atoms with E-state index in [0.29, 0.717) is 0 Å². The summed E-state index contributed by atoms with van der Waals surface area (Å²) in [4.78, 5) is 14.1. The van der Waals surface area contributed by atoms with Gasteiger partial charge in [-0.05, 0) is 43.7 Å². The fourth-order valence-electron chi connectivity index (χ4n) is 2.85. The van der Waals surface area contributed by atoms with Gasteiger partial charge >= 0.3 is 6.03 Å². The molecule has 2 amide bonds. The lowest BCUT2D eigenvalue weighted by Crippen LogP contribution is -2.58. The molecule has 0 aliphatic heterocycles. The first-order chi connectivity index (χ1) is 9.57. The van der Waals surface area contributed by atoms with Crippen LogP contribution >= 0.6 is 0 Å². The number of hydrogen-bond donors (Lipinski definition) is 2. The number of anilines is 1. The van der Waals surface area contributed by atoms with Gasteiger partial charge < -0.3 is 16.0 Å². The molecule has 0 heterocycles. The maximum atomic E-state index is 12.4. The van der Waals surface area contributed by atoms with Crippen LogP contribution < -0.4 is 11.1 Å². The molecule has 1 fully saturated rings. The molecule has 4 nitrogen and oxygen atoms in total. The largest absolute Gasteiger partial charge is 0.323 e. The van der Waals surface area contributed by atoms with Gasteiger partial charge in [-0.25, -0.2) is 4.79 Å². The smallest absolute Gasteiger partial charge is 0.310 e. The van der Waals surface area contributed by atoms with Crippen molar-refractivity contribution in [1.29, 1.82) is 0 Å². The van der Waals surface area contributed by atoms with Crippen LogP contribution in [-0.2, 0) is 6.42 Å². The topological polar surface area (TPSA) is 58.4 Å². The average Bonchev–Trinajstić information content (AvgIpc) is 2.47. The molecule has 0 saturated heterocycles. The summed E-state index contributed by atoms with van der Waals surface area (Å²) in [5.74, 6) is 0. The van der Waals surface area contributed by atoms with Crippen LogP contribution in [-0.4, -0.2) is 23.6 Å². The second-order valence-electron chi connectivity index (χ2n) is 5.66. The van der Waals surface area contributed by atoms with E-state index in [0.717, 1.165) is 43.4 Å². The summed E-state index contributed by atoms with van der Waals surface area (Å²) in [6.07, 6.45) is 6.07. The van der Waals surface area contributed by atoms with Crippen molar-refractivity contribution in [3.05, 3.63) is 29.8 Å². The predicted octanol–water partition coefficient (Wildman–Crippen LogP) is 3.33. The second kappa shape index (κ2) is 6.27. The van der Waals surface area contributed by atoms with E-state index in [1.165, 1.54) is 6.42 Å². The Morgan fingerprint density at radius 3 is 2.60 bits per heavy atom. The maximum absolute atomic E-state index is 12.4. The number of hydrogen-bond acceptors (Lipinski definition) is 2. The third kappa shape index (κ3) is 3.12. The first-order valence-electron chi connectivity index (χ1n) is 7.48. The van der Waals surface area contributed by atoms with Gasteiger partial charge in [0.1, 0.15) is 0 Å². The summed E-state index contributed by atoms with van der Waals surface area (Å²) >= 11 is 0. The monoisotopic (exact) mass is 275 g/mol. The molecule has 1 saturated carbocycles. The zero-order valence-electron chi connectivity index (χ0n) is 12.5. The van der Waals surface area contributed by atoms with E-state index in [1.807, 2.05) is 24.3 Å². The maximum Gasteiger partial charge on any atom is 0.323 e. The molecule has 2 rings (SSSR count). The third-order valence-corrected chi connectivity index (χ3v) is 4.33. The minimum Gasteiger partial charge on any atom is -0.310 e. The van der Waals surface area contributed by atoms with E-state index in [2.05, 4.69) is 12.2 Å². The van der Waals surface area contributed by atoms with Gasteiger partial charge in [0.05, 0.1) is 5.66 Å². The van der Waals surface area contributed by atoms with Crippen LogP contribution in [0.4, 0.5) is 10.5 Å². The van der Waals surface area contributed by atoms with Crippen LogP contribution in [0.3, 0.4) is 0 Å². The lowest BCUT2D eigenvalue weighted by Gasteiger charge is -2.41. The van der Waals surface area contributed by atoms with Gasteiger partial charge in [0.15, 0.2) is 0 Å². The van der Waals surface area contributed by atoms with Crippen molar-refractivity contribution in [2.75, 3.05) is 12.4 Å². The lowest BCUT2D eigenvalue weighted by molar-refractivity contribution is 0.111. The van der Waals surface area contributed by atoms with Gasteiger partial charge in [-0.15, -0.1) is 0 Å². The van der Waals surface area contributed by atoms with E-state index >= 15 is 0 Å². The molecule has 4 heteroatoms. The zero-order chi connectivity index (χ0) is 14.6. The number of nitrogens with zero attached hydrogens (tertiary/aromatic N) is 1. The van der Waals surface area contributed by atoms with Crippen LogP contribution in [0.15, 0.2) is 24.3 Å². The van der Waals surface area contributed by atoms with Gasteiger partial charge in [0.2, 0.25) is 0 Å². The van der Waals surface area contributed by atoms with Crippen molar-refractivity contribution >= 4 is 11.7 Å². The summed E-state index contributed by atoms with van der Waals surface area (Å²) in [6, 6.07) is 7.79. The molecule has 1 aromatic rings. The molecule has 0 bridgehead atoms. The highest BCUT2D eigenvalue weighted by molar-refractivity contribution is 5.90. The Morgan fingerprint density at radius 1 is 1.30 bits per heavy atom. The Morgan fingerprint density at radius 2 is 1.95 bits per heavy atom. The number of para-hydroxylation sites is 1. The van der Waals surface area contributed by atoms with Crippen LogP contribution in [0.1, 0.15) is 44.6 Å². The summed E-state index contributed by atoms with van der Waals surface area (Å²) in [5, 5.41) is 2.99. The van der Waals surface area contributed by atoms with Crippen LogP contribution in [0.2, 0.25) is 0 Å². The average molecular weight is 275 g/mol. The Balaban J connectivity index is 2.07. The molecule has 20 heavy (non-hydrogen) atoms. The van der Waals surface area contributed by atoms with Crippen molar-refractivity contribution in [2.24, 2.45) is 5.73 Å². The molecule has 0 radical (unpaired) electrons. The molecule has 0 unspecified atom stereocenters. The third-order valence-electron chi connectivity index (χ3n) is 4.33. The number of carbonyl (C=O) groups is 1. The van der Waals surface area contributed by atoms with Gasteiger partial charge in [-0.3, -0.25) is 0 Å². The van der Waals surface area contributed by atoms with E-state index in [9.17, 15) is 4.79 Å². The van der Waals surface area contributed by atoms with Crippen molar-refractivity contribution in [2.45, 2.75) is 51.1 Å². The predicted molar refractivity (Wildman–Crippen MR) is 82.6 cm³/mol. The number of amides is 2. The number of rotatable bonds is 3. The summed E-state index contributed by atoms with van der Waals surface area (Å²) in [7, 11) is 1.80. The summed E-state index contributed by atoms with van der Waals surface area (Å²) in [6.45, 7) is 2.08. The fraction of sp³-hybridized carbons (Fsp3) is 0.562. The molecule has 0 atom stereocenters. The second-order valence-corrected chi connectivity index (χ2v) is 5.66. The molecule has 1 aliphatic rings. The molecule has 0 aromatic heterocycles. The summed E-state index contributed by atoms with van der Waals surface area (Å²) in [5.41, 5.74) is 7.92. The standard InChI is InChI=1S/C16H25N3O/c1-3-13-9-5-6-10-14(13)18-15(20)19(2)16(17)11-7-4-8-12-16/h5-6,9-10H,3-4,7-8,11-12,17H2,1-2H3,(H,18,20). The molecular weight excluding hydrogens is 250 g/mol. The van der Waals surface area contributed by atoms with Crippen LogP contribution in [0, 0.1) is 0 Å². The van der Waals surface area contributed by atoms with Crippen molar-refractivity contribution in [3.63, 3.8) is 0 Å². The highest BCUT2D eigenvalue weighted by Crippen LogP contribution is 2.29. The molecular formula is C16H25N3O. The number of urea groups is 1. The normalized spacial score (nSPS) is 17.6.